The summed E-state index contributed by atoms with van der Waals surface area (Å²) in [6, 6.07) is 17.5. The van der Waals surface area contributed by atoms with E-state index < -0.39 is 29.3 Å². The average Bonchev–Trinajstić information content (AvgIpc) is 3.02. The number of carbonyl (C=O) groups is 2. The van der Waals surface area contributed by atoms with Crippen molar-refractivity contribution in [1.29, 1.82) is 0 Å². The molecular formula is C35H36N2O8. The number of hydrogen-bond donors (Lipinski definition) is 1. The van der Waals surface area contributed by atoms with Crippen molar-refractivity contribution in [1.82, 2.24) is 4.90 Å². The van der Waals surface area contributed by atoms with Gasteiger partial charge in [0.1, 0.15) is 40.2 Å². The Morgan fingerprint density at radius 1 is 0.978 bits per heavy atom. The maximum Gasteiger partial charge on any atom is 0.410 e. The van der Waals surface area contributed by atoms with Gasteiger partial charge in [-0.3, -0.25) is 4.79 Å². The van der Waals surface area contributed by atoms with E-state index in [1.807, 2.05) is 57.2 Å². The normalized spacial score (nSPS) is 14.6. The zero-order valence-electron chi connectivity index (χ0n) is 26.1. The molecule has 10 heteroatoms. The van der Waals surface area contributed by atoms with Gasteiger partial charge in [-0.05, 0) is 87.9 Å². The van der Waals surface area contributed by atoms with Crippen molar-refractivity contribution in [3.05, 3.63) is 94.4 Å². The first-order valence-electron chi connectivity index (χ1n) is 14.5. The zero-order valence-corrected chi connectivity index (χ0v) is 26.1. The van der Waals surface area contributed by atoms with Gasteiger partial charge in [0.05, 0.1) is 20.8 Å². The second kappa shape index (κ2) is 12.8. The summed E-state index contributed by atoms with van der Waals surface area (Å²) in [7, 11) is 3.14. The standard InChI is InChI=1S/C35H36N2O8/c1-21-29(43-26-11-8-16-37(20-26)34(40)45-35(2,3)4)14-12-23-19-28(33(39)44-31(21)23)36-32(38)24-13-15-30(42-6)27(18-24)22-9-7-10-25(17-22)41-5/h7-15,17-19,26H,16,20H2,1-6H3,(H,36,38). The first-order valence-corrected chi connectivity index (χ1v) is 14.5. The average molecular weight is 613 g/mol. The molecule has 3 aromatic carbocycles. The van der Waals surface area contributed by atoms with Crippen LogP contribution >= 0.6 is 0 Å². The predicted molar refractivity (Wildman–Crippen MR) is 172 cm³/mol. The SMILES string of the molecule is COc1cccc(-c2cc(C(=O)Nc3cc4ccc(OC5C=CCN(C(=O)OC(C)(C)C)C5)c(C)c4oc3=O)ccc2OC)c1. The Morgan fingerprint density at radius 2 is 1.76 bits per heavy atom. The van der Waals surface area contributed by atoms with Crippen molar-refractivity contribution in [3.63, 3.8) is 0 Å². The van der Waals surface area contributed by atoms with Gasteiger partial charge in [0, 0.05) is 28.6 Å². The van der Waals surface area contributed by atoms with Gasteiger partial charge in [-0.2, -0.15) is 0 Å². The van der Waals surface area contributed by atoms with Crippen molar-refractivity contribution >= 4 is 28.7 Å². The maximum absolute atomic E-state index is 13.3. The van der Waals surface area contributed by atoms with Crippen LogP contribution in [0.1, 0.15) is 36.7 Å². The first kappa shape index (κ1) is 31.2. The molecule has 0 saturated heterocycles. The zero-order chi connectivity index (χ0) is 32.3. The van der Waals surface area contributed by atoms with Gasteiger partial charge in [-0.25, -0.2) is 9.59 Å². The molecule has 5 rings (SSSR count). The van der Waals surface area contributed by atoms with Crippen LogP contribution in [0.3, 0.4) is 0 Å². The Labute approximate surface area is 261 Å². The minimum Gasteiger partial charge on any atom is -0.497 e. The summed E-state index contributed by atoms with van der Waals surface area (Å²) in [6.45, 7) is 7.98. The lowest BCUT2D eigenvalue weighted by molar-refractivity contribution is 0.0205. The van der Waals surface area contributed by atoms with Crippen LogP contribution in [0.5, 0.6) is 17.2 Å². The molecule has 10 nitrogen and oxygen atoms in total. The topological polar surface area (TPSA) is 117 Å². The van der Waals surface area contributed by atoms with Gasteiger partial charge >= 0.3 is 11.7 Å². The van der Waals surface area contributed by atoms with Crippen LogP contribution in [0.2, 0.25) is 0 Å². The number of anilines is 1. The highest BCUT2D eigenvalue weighted by atomic mass is 16.6. The number of methoxy groups -OCH3 is 2. The van der Waals surface area contributed by atoms with E-state index in [1.54, 1.807) is 62.4 Å². The monoisotopic (exact) mass is 612 g/mol. The molecule has 0 bridgehead atoms. The molecule has 1 aliphatic rings. The number of ether oxygens (including phenoxy) is 4. The highest BCUT2D eigenvalue weighted by molar-refractivity contribution is 6.05. The van der Waals surface area contributed by atoms with E-state index in [0.29, 0.717) is 58.0 Å². The van der Waals surface area contributed by atoms with E-state index in [4.69, 9.17) is 23.4 Å². The largest absolute Gasteiger partial charge is 0.497 e. The Morgan fingerprint density at radius 3 is 2.49 bits per heavy atom. The lowest BCUT2D eigenvalue weighted by Crippen LogP contribution is -2.44. The van der Waals surface area contributed by atoms with E-state index in [1.165, 1.54) is 0 Å². The quantitative estimate of drug-likeness (QED) is 0.184. The van der Waals surface area contributed by atoms with Crippen molar-refractivity contribution in [2.45, 2.75) is 39.4 Å². The van der Waals surface area contributed by atoms with E-state index in [2.05, 4.69) is 5.32 Å². The Bertz CT molecular complexity index is 1840. The summed E-state index contributed by atoms with van der Waals surface area (Å²) in [5.41, 5.74) is 1.48. The van der Waals surface area contributed by atoms with Crippen molar-refractivity contribution < 1.29 is 33.0 Å². The fourth-order valence-corrected chi connectivity index (χ4v) is 4.99. The van der Waals surface area contributed by atoms with Crippen molar-refractivity contribution in [3.8, 4) is 28.4 Å². The highest BCUT2D eigenvalue weighted by Crippen LogP contribution is 2.33. The van der Waals surface area contributed by atoms with Crippen LogP contribution in [0.25, 0.3) is 22.1 Å². The van der Waals surface area contributed by atoms with E-state index >= 15 is 0 Å². The molecule has 1 unspecified atom stereocenters. The smallest absolute Gasteiger partial charge is 0.410 e. The third-order valence-electron chi connectivity index (χ3n) is 7.20. The molecule has 45 heavy (non-hydrogen) atoms. The predicted octanol–water partition coefficient (Wildman–Crippen LogP) is 6.59. The fraction of sp³-hybridized carbons (Fsp3) is 0.286. The minimum absolute atomic E-state index is 0.00235. The fourth-order valence-electron chi connectivity index (χ4n) is 4.99. The molecule has 1 N–H and O–H groups in total. The third kappa shape index (κ3) is 7.12. The molecule has 0 aliphatic carbocycles. The van der Waals surface area contributed by atoms with Crippen LogP contribution in [0.15, 0.2) is 82.0 Å². The number of nitrogens with one attached hydrogen (secondary N) is 1. The number of carbonyl (C=O) groups excluding carboxylic acids is 2. The number of rotatable bonds is 7. The van der Waals surface area contributed by atoms with Crippen LogP contribution in [-0.4, -0.2) is 55.9 Å². The minimum atomic E-state index is -0.703. The summed E-state index contributed by atoms with van der Waals surface area (Å²) >= 11 is 0. The second-order valence-electron chi connectivity index (χ2n) is 11.6. The molecule has 234 valence electrons. The number of aryl methyl sites for hydroxylation is 1. The van der Waals surface area contributed by atoms with Crippen LogP contribution in [-0.2, 0) is 4.74 Å². The summed E-state index contributed by atoms with van der Waals surface area (Å²) in [5, 5.41) is 3.30. The van der Waals surface area contributed by atoms with Gasteiger partial charge in [0.2, 0.25) is 0 Å². The third-order valence-corrected chi connectivity index (χ3v) is 7.20. The molecule has 4 aromatic rings. The summed E-state index contributed by atoms with van der Waals surface area (Å²) in [6.07, 6.45) is 2.91. The Balaban J connectivity index is 1.35. The lowest BCUT2D eigenvalue weighted by Gasteiger charge is -2.31. The number of fused-ring (bicyclic) bond motifs is 1. The van der Waals surface area contributed by atoms with Crippen LogP contribution < -0.4 is 25.2 Å². The van der Waals surface area contributed by atoms with Crippen LogP contribution in [0, 0.1) is 6.92 Å². The van der Waals surface area contributed by atoms with Crippen molar-refractivity contribution in [2.75, 3.05) is 32.6 Å². The number of amides is 2. The van der Waals surface area contributed by atoms with Gasteiger partial charge in [-0.15, -0.1) is 0 Å². The van der Waals surface area contributed by atoms with E-state index in [-0.39, 0.29) is 5.69 Å². The summed E-state index contributed by atoms with van der Waals surface area (Å²) in [5.74, 6) is 1.27. The van der Waals surface area contributed by atoms with Gasteiger partial charge in [0.25, 0.3) is 5.91 Å². The number of benzene rings is 3. The molecule has 0 radical (unpaired) electrons. The Hall–Kier alpha value is -5.25. The number of hydrogen-bond acceptors (Lipinski definition) is 8. The maximum atomic E-state index is 13.3. The molecule has 0 spiro atoms. The first-order chi connectivity index (χ1) is 21.5. The summed E-state index contributed by atoms with van der Waals surface area (Å²) in [4.78, 5) is 40.4. The van der Waals surface area contributed by atoms with Gasteiger partial charge < -0.3 is 33.6 Å². The second-order valence-corrected chi connectivity index (χ2v) is 11.6. The van der Waals surface area contributed by atoms with E-state index in [0.717, 1.165) is 5.56 Å². The van der Waals surface area contributed by atoms with E-state index in [9.17, 15) is 14.4 Å². The molecule has 2 heterocycles. The molecule has 2 amide bonds. The lowest BCUT2D eigenvalue weighted by atomic mass is 10.0. The summed E-state index contributed by atoms with van der Waals surface area (Å²) < 4.78 is 28.2. The molecule has 1 aliphatic heterocycles. The van der Waals surface area contributed by atoms with Crippen molar-refractivity contribution in [2.24, 2.45) is 0 Å². The molecule has 0 fully saturated rings. The molecule has 1 atom stereocenters. The van der Waals surface area contributed by atoms with Crippen LogP contribution in [0.4, 0.5) is 10.5 Å². The highest BCUT2D eigenvalue weighted by Gasteiger charge is 2.27. The Kier molecular flexibility index (Phi) is 8.85. The molecule has 1 aromatic heterocycles. The molecular weight excluding hydrogens is 576 g/mol. The molecule has 0 saturated carbocycles. The van der Waals surface area contributed by atoms with Gasteiger partial charge in [0.15, 0.2) is 0 Å². The number of nitrogens with zero attached hydrogens (tertiary/aromatic N) is 1. The van der Waals surface area contributed by atoms with Gasteiger partial charge in [-0.1, -0.05) is 18.2 Å².